The van der Waals surface area contributed by atoms with Crippen LogP contribution in [0.5, 0.6) is 0 Å². The summed E-state index contributed by atoms with van der Waals surface area (Å²) in [4.78, 5) is 29.0. The highest BCUT2D eigenvalue weighted by atomic mass is 32.1. The first kappa shape index (κ1) is 14.0. The fraction of sp³-hybridized carbons (Fsp3) is 0.615. The first-order chi connectivity index (χ1) is 9.13. The van der Waals surface area contributed by atoms with Crippen molar-refractivity contribution in [1.82, 2.24) is 9.88 Å². The molecule has 0 saturated carbocycles. The molecule has 0 bridgehead atoms. The van der Waals surface area contributed by atoms with Gasteiger partial charge in [0, 0.05) is 18.0 Å². The number of hydrogen-bond donors (Lipinski definition) is 1. The van der Waals surface area contributed by atoms with Gasteiger partial charge in [-0.1, -0.05) is 19.8 Å². The van der Waals surface area contributed by atoms with Crippen LogP contribution in [0.4, 0.5) is 0 Å². The van der Waals surface area contributed by atoms with Gasteiger partial charge in [0.2, 0.25) is 0 Å². The third kappa shape index (κ3) is 3.12. The maximum Gasteiger partial charge on any atom is 0.355 e. The zero-order valence-electron chi connectivity index (χ0n) is 11.0. The minimum atomic E-state index is -1.08. The molecule has 0 aliphatic carbocycles. The summed E-state index contributed by atoms with van der Waals surface area (Å²) >= 11 is 1.12. The van der Waals surface area contributed by atoms with Crippen molar-refractivity contribution in [1.29, 1.82) is 0 Å². The molecule has 1 aliphatic heterocycles. The Morgan fingerprint density at radius 1 is 1.47 bits per heavy atom. The molecule has 1 aromatic rings. The standard InChI is InChI=1S/C13H18N2O3S/c1-2-9-6-4-3-5-7-15(9)12(16)11-14-10(8-19-11)13(17)18/h8-9H,2-7H2,1H3,(H,17,18). The van der Waals surface area contributed by atoms with Crippen LogP contribution in [0.25, 0.3) is 0 Å². The fourth-order valence-electron chi connectivity index (χ4n) is 2.46. The largest absolute Gasteiger partial charge is 0.476 e. The van der Waals surface area contributed by atoms with Crippen molar-refractivity contribution < 1.29 is 14.7 Å². The second-order valence-corrected chi connectivity index (χ2v) is 5.61. The first-order valence-electron chi connectivity index (χ1n) is 6.63. The van der Waals surface area contributed by atoms with E-state index < -0.39 is 5.97 Å². The monoisotopic (exact) mass is 282 g/mol. The minimum absolute atomic E-state index is 0.0452. The highest BCUT2D eigenvalue weighted by Crippen LogP contribution is 2.22. The van der Waals surface area contributed by atoms with Gasteiger partial charge in [0.25, 0.3) is 5.91 Å². The van der Waals surface area contributed by atoms with Crippen molar-refractivity contribution in [3.8, 4) is 0 Å². The molecule has 6 heteroatoms. The molecule has 1 fully saturated rings. The van der Waals surface area contributed by atoms with Gasteiger partial charge < -0.3 is 10.0 Å². The van der Waals surface area contributed by atoms with E-state index in [1.807, 2.05) is 4.90 Å². The van der Waals surface area contributed by atoms with Crippen LogP contribution >= 0.6 is 11.3 Å². The number of carboxylic acids is 1. The Morgan fingerprint density at radius 2 is 2.26 bits per heavy atom. The van der Waals surface area contributed by atoms with Crippen LogP contribution in [0.1, 0.15) is 59.3 Å². The zero-order chi connectivity index (χ0) is 13.8. The van der Waals surface area contributed by atoms with Gasteiger partial charge >= 0.3 is 5.97 Å². The van der Waals surface area contributed by atoms with Crippen LogP contribution in [0.2, 0.25) is 0 Å². The molecule has 1 atom stereocenters. The van der Waals surface area contributed by atoms with E-state index in [1.165, 1.54) is 5.38 Å². The number of carboxylic acid groups (broad SMARTS) is 1. The summed E-state index contributed by atoms with van der Waals surface area (Å²) in [5.74, 6) is -1.20. The van der Waals surface area contributed by atoms with Gasteiger partial charge in [-0.2, -0.15) is 0 Å². The van der Waals surface area contributed by atoms with Gasteiger partial charge in [-0.25, -0.2) is 9.78 Å². The number of carbonyl (C=O) groups is 2. The van der Waals surface area contributed by atoms with Crippen molar-refractivity contribution in [2.24, 2.45) is 0 Å². The van der Waals surface area contributed by atoms with E-state index in [-0.39, 0.29) is 22.7 Å². The van der Waals surface area contributed by atoms with Gasteiger partial charge in [-0.05, 0) is 19.3 Å². The van der Waals surface area contributed by atoms with Gasteiger partial charge in [0.05, 0.1) is 0 Å². The third-order valence-electron chi connectivity index (χ3n) is 3.52. The number of aromatic carboxylic acids is 1. The number of thiazole rings is 1. The van der Waals surface area contributed by atoms with Crippen LogP contribution in [-0.4, -0.2) is 39.5 Å². The van der Waals surface area contributed by atoms with Gasteiger partial charge in [0.15, 0.2) is 10.7 Å². The Bertz CT molecular complexity index is 472. The fourth-order valence-corrected chi connectivity index (χ4v) is 3.21. The molecule has 0 radical (unpaired) electrons. The first-order valence-corrected chi connectivity index (χ1v) is 7.51. The van der Waals surface area contributed by atoms with Crippen LogP contribution in [0.3, 0.4) is 0 Å². The Hall–Kier alpha value is -1.43. The highest BCUT2D eigenvalue weighted by Gasteiger charge is 2.27. The lowest BCUT2D eigenvalue weighted by Gasteiger charge is -2.28. The zero-order valence-corrected chi connectivity index (χ0v) is 11.8. The number of hydrogen-bond acceptors (Lipinski definition) is 4. The predicted octanol–water partition coefficient (Wildman–Crippen LogP) is 2.64. The van der Waals surface area contributed by atoms with Gasteiger partial charge in [-0.15, -0.1) is 11.3 Å². The average Bonchev–Trinajstić information content (AvgIpc) is 2.77. The molecule has 1 N–H and O–H groups in total. The minimum Gasteiger partial charge on any atom is -0.476 e. The summed E-state index contributed by atoms with van der Waals surface area (Å²) in [6.45, 7) is 2.83. The van der Waals surface area contributed by atoms with Crippen molar-refractivity contribution in [3.05, 3.63) is 16.1 Å². The smallest absolute Gasteiger partial charge is 0.355 e. The lowest BCUT2D eigenvalue weighted by molar-refractivity contribution is 0.0676. The second-order valence-electron chi connectivity index (χ2n) is 4.75. The van der Waals surface area contributed by atoms with E-state index in [1.54, 1.807) is 0 Å². The third-order valence-corrected chi connectivity index (χ3v) is 4.35. The van der Waals surface area contributed by atoms with Crippen LogP contribution in [0.15, 0.2) is 5.38 Å². The van der Waals surface area contributed by atoms with E-state index in [0.717, 1.165) is 50.0 Å². The lowest BCUT2D eigenvalue weighted by Crippen LogP contribution is -2.39. The molecule has 1 aromatic heterocycles. The Labute approximate surface area is 116 Å². The summed E-state index contributed by atoms with van der Waals surface area (Å²) in [5, 5.41) is 10.6. The molecular weight excluding hydrogens is 264 g/mol. The molecule has 104 valence electrons. The predicted molar refractivity (Wildman–Crippen MR) is 72.7 cm³/mol. The Morgan fingerprint density at radius 3 is 2.89 bits per heavy atom. The SMILES string of the molecule is CCC1CCCCCN1C(=O)c1nc(C(=O)O)cs1. The van der Waals surface area contributed by atoms with Crippen molar-refractivity contribution in [2.45, 2.75) is 45.1 Å². The van der Waals surface area contributed by atoms with Gasteiger partial charge in [-0.3, -0.25) is 4.79 Å². The summed E-state index contributed by atoms with van der Waals surface area (Å²) in [6.07, 6.45) is 5.28. The highest BCUT2D eigenvalue weighted by molar-refractivity contribution is 7.11. The molecule has 2 rings (SSSR count). The van der Waals surface area contributed by atoms with Crippen LogP contribution in [0, 0.1) is 0 Å². The Kier molecular flexibility index (Phi) is 4.52. The van der Waals surface area contributed by atoms with E-state index >= 15 is 0 Å². The molecule has 1 saturated heterocycles. The molecule has 5 nitrogen and oxygen atoms in total. The molecule has 0 aromatic carbocycles. The molecule has 1 amide bonds. The van der Waals surface area contributed by atoms with E-state index in [2.05, 4.69) is 11.9 Å². The lowest BCUT2D eigenvalue weighted by atomic mass is 10.1. The number of carbonyl (C=O) groups excluding carboxylic acids is 1. The topological polar surface area (TPSA) is 70.5 Å². The second kappa shape index (κ2) is 6.14. The number of aromatic nitrogens is 1. The van der Waals surface area contributed by atoms with Crippen molar-refractivity contribution in [2.75, 3.05) is 6.54 Å². The quantitative estimate of drug-likeness (QED) is 0.925. The van der Waals surface area contributed by atoms with Crippen molar-refractivity contribution in [3.63, 3.8) is 0 Å². The molecule has 1 aliphatic rings. The normalized spacial score (nSPS) is 20.1. The molecule has 2 heterocycles. The van der Waals surface area contributed by atoms with E-state index in [9.17, 15) is 9.59 Å². The van der Waals surface area contributed by atoms with E-state index in [0.29, 0.717) is 0 Å². The van der Waals surface area contributed by atoms with Crippen LogP contribution < -0.4 is 0 Å². The maximum atomic E-state index is 12.4. The molecule has 1 unspecified atom stereocenters. The summed E-state index contributed by atoms with van der Waals surface area (Å²) < 4.78 is 0. The van der Waals surface area contributed by atoms with Crippen LogP contribution in [-0.2, 0) is 0 Å². The summed E-state index contributed by atoms with van der Waals surface area (Å²) in [5.41, 5.74) is -0.0452. The molecular formula is C13H18N2O3S. The Balaban J connectivity index is 2.17. The summed E-state index contributed by atoms with van der Waals surface area (Å²) in [6, 6.07) is 0.257. The maximum absolute atomic E-state index is 12.4. The summed E-state index contributed by atoms with van der Waals surface area (Å²) in [7, 11) is 0. The number of rotatable bonds is 3. The van der Waals surface area contributed by atoms with E-state index in [4.69, 9.17) is 5.11 Å². The molecule has 19 heavy (non-hydrogen) atoms. The average molecular weight is 282 g/mol. The number of amides is 1. The number of likely N-dealkylation sites (tertiary alicyclic amines) is 1. The van der Waals surface area contributed by atoms with Crippen molar-refractivity contribution >= 4 is 23.2 Å². The van der Waals surface area contributed by atoms with Gasteiger partial charge in [0.1, 0.15) is 0 Å². The molecule has 0 spiro atoms. The number of nitrogens with zero attached hydrogens (tertiary/aromatic N) is 2.